The van der Waals surface area contributed by atoms with Gasteiger partial charge in [0.05, 0.1) is 23.7 Å². The second-order valence-corrected chi connectivity index (χ2v) is 8.06. The largest absolute Gasteiger partial charge is 0.332 e. The van der Waals surface area contributed by atoms with Gasteiger partial charge in [-0.1, -0.05) is 17.9 Å². The lowest BCUT2D eigenvalue weighted by molar-refractivity contribution is -0.122. The topological polar surface area (TPSA) is 58.4 Å². The van der Waals surface area contributed by atoms with Crippen LogP contribution in [-0.2, 0) is 17.4 Å². The number of amides is 3. The molecule has 0 unspecified atom stereocenters. The number of urea groups is 1. The minimum absolute atomic E-state index is 0.187. The van der Waals surface area contributed by atoms with Crippen molar-refractivity contribution >= 4 is 17.6 Å². The third-order valence-corrected chi connectivity index (χ3v) is 5.82. The molecule has 0 radical (unpaired) electrons. The molecule has 174 valence electrons. The SMILES string of the molecule is CN1C(=O)N(c2c(F)cc(C#Cc3cccc(F)c3F)cc2F)C(=O)C[C@@]1(C)c1cnn(C)c1. The molecule has 0 N–H and O–H groups in total. The lowest BCUT2D eigenvalue weighted by Crippen LogP contribution is -2.60. The highest BCUT2D eigenvalue weighted by Gasteiger charge is 2.48. The fourth-order valence-corrected chi connectivity index (χ4v) is 3.77. The van der Waals surface area contributed by atoms with E-state index in [9.17, 15) is 27.2 Å². The average Bonchev–Trinajstić information content (AvgIpc) is 3.22. The fourth-order valence-electron chi connectivity index (χ4n) is 3.77. The van der Waals surface area contributed by atoms with E-state index >= 15 is 0 Å². The Morgan fingerprint density at radius 3 is 2.29 bits per heavy atom. The van der Waals surface area contributed by atoms with Crippen molar-refractivity contribution in [2.45, 2.75) is 18.9 Å². The minimum Gasteiger partial charge on any atom is -0.317 e. The van der Waals surface area contributed by atoms with E-state index in [1.54, 1.807) is 20.2 Å². The molecule has 1 aliphatic rings. The van der Waals surface area contributed by atoms with Gasteiger partial charge in [-0.05, 0) is 31.2 Å². The number of imide groups is 1. The van der Waals surface area contributed by atoms with Gasteiger partial charge in [-0.3, -0.25) is 9.48 Å². The van der Waals surface area contributed by atoms with E-state index in [1.165, 1.54) is 35.0 Å². The molecular formula is C24H18F4N4O2. The molecule has 3 amide bonds. The van der Waals surface area contributed by atoms with E-state index in [-0.39, 0.29) is 17.5 Å². The van der Waals surface area contributed by atoms with Gasteiger partial charge >= 0.3 is 6.03 Å². The van der Waals surface area contributed by atoms with Crippen LogP contribution in [0.5, 0.6) is 0 Å². The first kappa shape index (κ1) is 23.0. The molecule has 0 spiro atoms. The standard InChI is InChI=1S/C24H18F4N4O2/c1-24(16-12-29-30(2)13-16)11-20(33)32(23(34)31(24)3)22-18(26)9-14(10-19(22)27)7-8-15-5-4-6-17(25)21(15)28/h4-6,9-10,12-13H,11H2,1-3H3/t24-/m0/s1. The smallest absolute Gasteiger partial charge is 0.317 e. The van der Waals surface area contributed by atoms with Crippen LogP contribution in [-0.4, -0.2) is 33.7 Å². The van der Waals surface area contributed by atoms with E-state index < -0.39 is 46.4 Å². The molecule has 0 aliphatic carbocycles. The Labute approximate surface area is 192 Å². The zero-order chi connectivity index (χ0) is 24.8. The molecule has 4 rings (SSSR count). The molecule has 1 fully saturated rings. The molecule has 1 atom stereocenters. The number of anilines is 1. The monoisotopic (exact) mass is 470 g/mol. The van der Waals surface area contributed by atoms with E-state index in [2.05, 4.69) is 16.9 Å². The van der Waals surface area contributed by atoms with Crippen molar-refractivity contribution < 1.29 is 27.2 Å². The number of nitrogens with zero attached hydrogens (tertiary/aromatic N) is 4. The maximum atomic E-state index is 14.9. The minimum atomic E-state index is -1.20. The summed E-state index contributed by atoms with van der Waals surface area (Å²) in [5.41, 5.74) is -1.78. The predicted molar refractivity (Wildman–Crippen MR) is 115 cm³/mol. The maximum absolute atomic E-state index is 14.9. The lowest BCUT2D eigenvalue weighted by Gasteiger charge is -2.45. The number of aryl methyl sites for hydroxylation is 1. The van der Waals surface area contributed by atoms with Gasteiger partial charge in [0.2, 0.25) is 5.91 Å². The van der Waals surface area contributed by atoms with Crippen LogP contribution < -0.4 is 4.90 Å². The van der Waals surface area contributed by atoms with E-state index in [4.69, 9.17) is 0 Å². The van der Waals surface area contributed by atoms with E-state index in [0.717, 1.165) is 18.2 Å². The Morgan fingerprint density at radius 2 is 1.68 bits per heavy atom. The molecule has 2 heterocycles. The number of rotatable bonds is 2. The number of hydrogen-bond donors (Lipinski definition) is 0. The van der Waals surface area contributed by atoms with Crippen molar-refractivity contribution in [1.82, 2.24) is 14.7 Å². The van der Waals surface area contributed by atoms with E-state index in [0.29, 0.717) is 10.5 Å². The first-order valence-electron chi connectivity index (χ1n) is 10.1. The predicted octanol–water partition coefficient (Wildman–Crippen LogP) is 4.08. The third-order valence-electron chi connectivity index (χ3n) is 5.82. The van der Waals surface area contributed by atoms with Gasteiger partial charge in [0.15, 0.2) is 23.3 Å². The number of carbonyl (C=O) groups is 2. The summed E-state index contributed by atoms with van der Waals surface area (Å²) in [6.07, 6.45) is 2.94. The van der Waals surface area contributed by atoms with Crippen LogP contribution in [0, 0.1) is 35.1 Å². The summed E-state index contributed by atoms with van der Waals surface area (Å²) in [7, 11) is 3.11. The summed E-state index contributed by atoms with van der Waals surface area (Å²) < 4.78 is 58.5. The molecule has 6 nitrogen and oxygen atoms in total. The first-order valence-corrected chi connectivity index (χ1v) is 10.1. The molecule has 1 aromatic heterocycles. The van der Waals surface area contributed by atoms with Crippen molar-refractivity contribution in [2.75, 3.05) is 11.9 Å². The molecule has 0 bridgehead atoms. The van der Waals surface area contributed by atoms with Gasteiger partial charge in [-0.25, -0.2) is 27.3 Å². The summed E-state index contributed by atoms with van der Waals surface area (Å²) in [4.78, 5) is 27.7. The van der Waals surface area contributed by atoms with Gasteiger partial charge in [0.25, 0.3) is 0 Å². The zero-order valence-corrected chi connectivity index (χ0v) is 18.4. The molecule has 1 saturated heterocycles. The number of hydrogen-bond acceptors (Lipinski definition) is 3. The number of carbonyl (C=O) groups excluding carboxylic acids is 2. The summed E-state index contributed by atoms with van der Waals surface area (Å²) in [5.74, 6) is -0.817. The van der Waals surface area contributed by atoms with Crippen LogP contribution in [0.4, 0.5) is 28.0 Å². The quantitative estimate of drug-likeness (QED) is 0.419. The second-order valence-electron chi connectivity index (χ2n) is 8.06. The van der Waals surface area contributed by atoms with Crippen LogP contribution in [0.1, 0.15) is 30.0 Å². The van der Waals surface area contributed by atoms with Crippen LogP contribution >= 0.6 is 0 Å². The third kappa shape index (κ3) is 3.79. The summed E-state index contributed by atoms with van der Waals surface area (Å²) in [6.45, 7) is 1.66. The zero-order valence-electron chi connectivity index (χ0n) is 18.4. The van der Waals surface area contributed by atoms with Crippen LogP contribution in [0.2, 0.25) is 0 Å². The van der Waals surface area contributed by atoms with Crippen molar-refractivity contribution in [3.05, 3.63) is 82.7 Å². The highest BCUT2D eigenvalue weighted by molar-refractivity contribution is 6.16. The Hall–Kier alpha value is -4.13. The molecule has 0 saturated carbocycles. The lowest BCUT2D eigenvalue weighted by atomic mass is 9.87. The summed E-state index contributed by atoms with van der Waals surface area (Å²) in [6, 6.07) is 4.09. The summed E-state index contributed by atoms with van der Waals surface area (Å²) in [5, 5.41) is 4.06. The first-order chi connectivity index (χ1) is 16.0. The Kier molecular flexibility index (Phi) is 5.65. The molecule has 3 aromatic rings. The van der Waals surface area contributed by atoms with Gasteiger partial charge in [0, 0.05) is 31.4 Å². The highest BCUT2D eigenvalue weighted by atomic mass is 19.2. The second kappa shape index (κ2) is 8.33. The molecule has 2 aromatic carbocycles. The molecular weight excluding hydrogens is 452 g/mol. The van der Waals surface area contributed by atoms with Crippen molar-refractivity contribution in [3.8, 4) is 11.8 Å². The Balaban J connectivity index is 1.68. The van der Waals surface area contributed by atoms with Crippen LogP contribution in [0.25, 0.3) is 0 Å². The Morgan fingerprint density at radius 1 is 1.00 bits per heavy atom. The number of benzene rings is 2. The van der Waals surface area contributed by atoms with Crippen LogP contribution in [0.15, 0.2) is 42.7 Å². The fraction of sp³-hybridized carbons (Fsp3) is 0.208. The van der Waals surface area contributed by atoms with Crippen molar-refractivity contribution in [1.29, 1.82) is 0 Å². The van der Waals surface area contributed by atoms with Gasteiger partial charge in [-0.15, -0.1) is 0 Å². The molecule has 34 heavy (non-hydrogen) atoms. The normalized spacial score (nSPS) is 18.2. The summed E-state index contributed by atoms with van der Waals surface area (Å²) >= 11 is 0. The maximum Gasteiger partial charge on any atom is 0.332 e. The van der Waals surface area contributed by atoms with Gasteiger partial charge < -0.3 is 4.90 Å². The number of halogens is 4. The van der Waals surface area contributed by atoms with Gasteiger partial charge in [0.1, 0.15) is 5.69 Å². The van der Waals surface area contributed by atoms with Crippen molar-refractivity contribution in [2.24, 2.45) is 7.05 Å². The highest BCUT2D eigenvalue weighted by Crippen LogP contribution is 2.38. The van der Waals surface area contributed by atoms with Crippen molar-refractivity contribution in [3.63, 3.8) is 0 Å². The Bertz CT molecular complexity index is 1370. The van der Waals surface area contributed by atoms with Crippen LogP contribution in [0.3, 0.4) is 0 Å². The van der Waals surface area contributed by atoms with E-state index in [1.807, 2.05) is 0 Å². The molecule has 1 aliphatic heterocycles. The van der Waals surface area contributed by atoms with Gasteiger partial charge in [-0.2, -0.15) is 5.10 Å². The average molecular weight is 470 g/mol. The number of aromatic nitrogens is 2. The molecule has 10 heteroatoms.